The summed E-state index contributed by atoms with van der Waals surface area (Å²) in [7, 11) is 0. The van der Waals surface area contributed by atoms with Gasteiger partial charge in [0.05, 0.1) is 21.9 Å². The quantitative estimate of drug-likeness (QED) is 0.151. The van der Waals surface area contributed by atoms with Crippen molar-refractivity contribution in [3.8, 4) is 5.88 Å². The van der Waals surface area contributed by atoms with Crippen LogP contribution in [0.25, 0.3) is 10.9 Å². The molecule has 3 heterocycles. The molecular weight excluding hydrogens is 558 g/mol. The summed E-state index contributed by atoms with van der Waals surface area (Å²) in [5.74, 6) is 0.168. The van der Waals surface area contributed by atoms with Crippen LogP contribution in [-0.2, 0) is 29.0 Å². The number of nitro groups is 1. The van der Waals surface area contributed by atoms with E-state index in [0.29, 0.717) is 47.4 Å². The maximum absolute atomic E-state index is 12.2. The predicted molar refractivity (Wildman–Crippen MR) is 168 cm³/mol. The van der Waals surface area contributed by atoms with E-state index in [4.69, 9.17) is 4.99 Å². The van der Waals surface area contributed by atoms with Crippen molar-refractivity contribution < 1.29 is 19.6 Å². The van der Waals surface area contributed by atoms with Gasteiger partial charge in [0.15, 0.2) is 5.88 Å². The number of piperidine rings is 1. The van der Waals surface area contributed by atoms with Crippen molar-refractivity contribution in [2.45, 2.75) is 52.0 Å². The van der Waals surface area contributed by atoms with Crippen LogP contribution in [0.1, 0.15) is 60.4 Å². The normalized spacial score (nSPS) is 15.5. The van der Waals surface area contributed by atoms with E-state index in [0.717, 1.165) is 67.4 Å². The third kappa shape index (κ3) is 6.06. The van der Waals surface area contributed by atoms with E-state index in [2.05, 4.69) is 4.98 Å². The number of nitro benzene ring substituents is 1. The minimum atomic E-state index is -0.454. The minimum absolute atomic E-state index is 0.0485. The molecule has 0 atom stereocenters. The fourth-order valence-electron chi connectivity index (χ4n) is 6.19. The first-order chi connectivity index (χ1) is 21.3. The van der Waals surface area contributed by atoms with Gasteiger partial charge in [-0.05, 0) is 67.0 Å². The van der Waals surface area contributed by atoms with Crippen LogP contribution in [-0.4, -0.2) is 62.0 Å². The summed E-state index contributed by atoms with van der Waals surface area (Å²) in [5.41, 5.74) is 6.12. The molecule has 2 aliphatic heterocycles. The number of aromatic amines is 1. The maximum atomic E-state index is 12.2. The Bertz CT molecular complexity index is 1770. The Morgan fingerprint density at radius 3 is 2.59 bits per heavy atom. The van der Waals surface area contributed by atoms with E-state index < -0.39 is 4.92 Å². The van der Waals surface area contributed by atoms with Crippen molar-refractivity contribution in [2.24, 2.45) is 4.99 Å². The Hall–Kier alpha value is -4.99. The van der Waals surface area contributed by atoms with Crippen LogP contribution in [0.3, 0.4) is 0 Å². The van der Waals surface area contributed by atoms with Crippen molar-refractivity contribution >= 4 is 39.8 Å². The molecular formula is C34H35N5O5. The van der Waals surface area contributed by atoms with Crippen molar-refractivity contribution in [3.63, 3.8) is 0 Å². The van der Waals surface area contributed by atoms with Gasteiger partial charge in [-0.2, -0.15) is 0 Å². The number of hydrogen-bond donors (Lipinski definition) is 2. The third-order valence-corrected chi connectivity index (χ3v) is 8.64. The number of aromatic hydroxyl groups is 1. The third-order valence-electron chi connectivity index (χ3n) is 8.64. The fraction of sp³-hybridized carbons (Fsp3) is 0.324. The molecule has 2 amide bonds. The number of non-ortho nitro benzene ring substituents is 1. The zero-order valence-electron chi connectivity index (χ0n) is 24.7. The molecule has 0 unspecified atom stereocenters. The van der Waals surface area contributed by atoms with Crippen LogP contribution in [0.2, 0.25) is 0 Å². The number of rotatable bonds is 8. The Kier molecular flexibility index (Phi) is 8.15. The summed E-state index contributed by atoms with van der Waals surface area (Å²) < 4.78 is 0. The van der Waals surface area contributed by atoms with Gasteiger partial charge < -0.3 is 19.9 Å². The lowest BCUT2D eigenvalue weighted by atomic mass is 9.97. The number of benzene rings is 3. The molecule has 0 saturated carbocycles. The molecule has 10 heteroatoms. The average Bonchev–Trinajstić information content (AvgIpc) is 3.35. The first kappa shape index (κ1) is 29.1. The molecule has 0 bridgehead atoms. The molecule has 0 spiro atoms. The minimum Gasteiger partial charge on any atom is -0.494 e. The zero-order valence-corrected chi connectivity index (χ0v) is 24.7. The van der Waals surface area contributed by atoms with E-state index in [1.54, 1.807) is 13.0 Å². The summed E-state index contributed by atoms with van der Waals surface area (Å²) in [4.78, 5) is 46.9. The van der Waals surface area contributed by atoms with Crippen molar-refractivity contribution in [1.29, 1.82) is 0 Å². The molecule has 44 heavy (non-hydrogen) atoms. The van der Waals surface area contributed by atoms with Gasteiger partial charge in [-0.3, -0.25) is 19.7 Å². The Morgan fingerprint density at radius 1 is 1.02 bits per heavy atom. The summed E-state index contributed by atoms with van der Waals surface area (Å²) in [6.45, 7) is 4.36. The highest BCUT2D eigenvalue weighted by molar-refractivity contribution is 6.22. The lowest BCUT2D eigenvalue weighted by molar-refractivity contribution is -0.384. The van der Waals surface area contributed by atoms with E-state index in [-0.39, 0.29) is 23.4 Å². The molecule has 3 aromatic carbocycles. The van der Waals surface area contributed by atoms with Gasteiger partial charge in [0.25, 0.3) is 5.69 Å². The van der Waals surface area contributed by atoms with E-state index >= 15 is 0 Å². The van der Waals surface area contributed by atoms with Crippen LogP contribution >= 0.6 is 0 Å². The maximum Gasteiger partial charge on any atom is 0.270 e. The smallest absolute Gasteiger partial charge is 0.270 e. The largest absolute Gasteiger partial charge is 0.494 e. The number of hydrogen-bond acceptors (Lipinski definition) is 6. The van der Waals surface area contributed by atoms with Gasteiger partial charge >= 0.3 is 0 Å². The number of carbonyl (C=O) groups is 2. The highest BCUT2D eigenvalue weighted by atomic mass is 16.6. The highest BCUT2D eigenvalue weighted by Gasteiger charge is 2.23. The van der Waals surface area contributed by atoms with Crippen LogP contribution < -0.4 is 0 Å². The summed E-state index contributed by atoms with van der Waals surface area (Å²) in [5, 5.41) is 23.2. The Balaban J connectivity index is 1.34. The molecule has 2 aliphatic rings. The van der Waals surface area contributed by atoms with Gasteiger partial charge in [-0.1, -0.05) is 30.3 Å². The molecule has 4 aromatic rings. The standard InChI is InChI=1S/C34H35N5O5/c1-22(40)38-18-15-25-19-27(12-11-26(25)21-38)35-33(32-29-20-28(39(43)44)13-14-30(29)36-34(32)42)24-9-7-23(8-10-24)5-4-17-37-16-3-2-6-31(37)41/h7-14,19-20,36,42H,2-6,15-18,21H2,1H3. The SMILES string of the molecule is CC(=O)N1CCc2cc(N=C(c3ccc(CCCN4CCCCC4=O)cc3)c3c(O)[nH]c4ccc([N+](=O)[O-])cc34)ccc2C1. The van der Waals surface area contributed by atoms with E-state index in [1.807, 2.05) is 52.3 Å². The number of amides is 2. The first-order valence-electron chi connectivity index (χ1n) is 15.1. The van der Waals surface area contributed by atoms with E-state index in [9.17, 15) is 24.8 Å². The number of carbonyl (C=O) groups excluding carboxylic acids is 2. The summed E-state index contributed by atoms with van der Waals surface area (Å²) in [6, 6.07) is 18.3. The number of aryl methyl sites for hydroxylation is 1. The van der Waals surface area contributed by atoms with Gasteiger partial charge in [0.2, 0.25) is 11.8 Å². The van der Waals surface area contributed by atoms with E-state index in [1.165, 1.54) is 12.1 Å². The topological polar surface area (TPSA) is 132 Å². The molecule has 1 fully saturated rings. The van der Waals surface area contributed by atoms with Gasteiger partial charge in [-0.15, -0.1) is 0 Å². The van der Waals surface area contributed by atoms with Gasteiger partial charge in [-0.25, -0.2) is 4.99 Å². The molecule has 10 nitrogen and oxygen atoms in total. The molecule has 226 valence electrons. The number of aromatic nitrogens is 1. The second-order valence-corrected chi connectivity index (χ2v) is 11.6. The number of fused-ring (bicyclic) bond motifs is 2. The lowest BCUT2D eigenvalue weighted by Crippen LogP contribution is -2.36. The molecule has 2 N–H and O–H groups in total. The number of nitrogens with one attached hydrogen (secondary N) is 1. The fourth-order valence-corrected chi connectivity index (χ4v) is 6.19. The Labute approximate surface area is 255 Å². The molecule has 0 aliphatic carbocycles. The molecule has 0 radical (unpaired) electrons. The average molecular weight is 594 g/mol. The van der Waals surface area contributed by atoms with Crippen molar-refractivity contribution in [3.05, 3.63) is 98.6 Å². The van der Waals surface area contributed by atoms with Gasteiger partial charge in [0, 0.05) is 68.1 Å². The van der Waals surface area contributed by atoms with Crippen LogP contribution in [0.15, 0.2) is 65.7 Å². The number of nitrogens with zero attached hydrogens (tertiary/aromatic N) is 4. The van der Waals surface area contributed by atoms with Crippen LogP contribution in [0.4, 0.5) is 11.4 Å². The summed E-state index contributed by atoms with van der Waals surface area (Å²) >= 11 is 0. The monoisotopic (exact) mass is 593 g/mol. The number of likely N-dealkylation sites (tertiary alicyclic amines) is 1. The Morgan fingerprint density at radius 2 is 1.84 bits per heavy atom. The first-order valence-corrected chi connectivity index (χ1v) is 15.1. The number of H-pyrrole nitrogens is 1. The summed E-state index contributed by atoms with van der Waals surface area (Å²) in [6.07, 6.45) is 5.09. The molecule has 6 rings (SSSR count). The van der Waals surface area contributed by atoms with Crippen LogP contribution in [0, 0.1) is 10.1 Å². The lowest BCUT2D eigenvalue weighted by Gasteiger charge is -2.28. The second-order valence-electron chi connectivity index (χ2n) is 11.6. The predicted octanol–water partition coefficient (Wildman–Crippen LogP) is 5.80. The molecule has 1 aromatic heterocycles. The highest BCUT2D eigenvalue weighted by Crippen LogP contribution is 2.34. The zero-order chi connectivity index (χ0) is 30.8. The second kappa shape index (κ2) is 12.3. The van der Waals surface area contributed by atoms with Crippen LogP contribution in [0.5, 0.6) is 5.88 Å². The van der Waals surface area contributed by atoms with Crippen molar-refractivity contribution in [1.82, 2.24) is 14.8 Å². The number of aliphatic imine (C=N–C) groups is 1. The van der Waals surface area contributed by atoms with Gasteiger partial charge in [0.1, 0.15) is 0 Å². The molecule has 1 saturated heterocycles. The van der Waals surface area contributed by atoms with Crippen molar-refractivity contribution in [2.75, 3.05) is 19.6 Å².